The summed E-state index contributed by atoms with van der Waals surface area (Å²) in [6.07, 6.45) is 5.63. The van der Waals surface area contributed by atoms with Gasteiger partial charge in [-0.2, -0.15) is 0 Å². The van der Waals surface area contributed by atoms with Crippen molar-refractivity contribution in [3.63, 3.8) is 0 Å². The molecular weight excluding hydrogens is 334 g/mol. The van der Waals surface area contributed by atoms with Crippen LogP contribution in [-0.4, -0.2) is 35.4 Å². The first-order chi connectivity index (χ1) is 12.1. The molecule has 1 amide bonds. The fourth-order valence-corrected chi connectivity index (χ4v) is 4.25. The molecule has 0 aromatic carbocycles. The average Bonchev–Trinajstić information content (AvgIpc) is 3.22. The monoisotopic (exact) mass is 361 g/mol. The van der Waals surface area contributed by atoms with Crippen LogP contribution in [0.1, 0.15) is 40.6 Å². The van der Waals surface area contributed by atoms with E-state index >= 15 is 0 Å². The van der Waals surface area contributed by atoms with Crippen LogP contribution in [0, 0.1) is 19.8 Å². The molecule has 1 N–H and O–H groups in total. The molecule has 2 aromatic heterocycles. The molecule has 0 radical (unpaired) electrons. The highest BCUT2D eigenvalue weighted by Gasteiger charge is 2.25. The summed E-state index contributed by atoms with van der Waals surface area (Å²) in [4.78, 5) is 20.6. The molecule has 2 aromatic rings. The molecule has 0 saturated carbocycles. The number of piperidine rings is 1. The van der Waals surface area contributed by atoms with Crippen LogP contribution >= 0.6 is 11.3 Å². The highest BCUT2D eigenvalue weighted by Crippen LogP contribution is 2.20. The van der Waals surface area contributed by atoms with Crippen LogP contribution in [0.3, 0.4) is 0 Å². The van der Waals surface area contributed by atoms with Crippen molar-refractivity contribution in [2.24, 2.45) is 5.92 Å². The van der Waals surface area contributed by atoms with Gasteiger partial charge in [0, 0.05) is 24.4 Å². The van der Waals surface area contributed by atoms with E-state index in [4.69, 9.17) is 4.42 Å². The molecule has 1 aliphatic rings. The van der Waals surface area contributed by atoms with Gasteiger partial charge in [0.1, 0.15) is 5.76 Å². The van der Waals surface area contributed by atoms with Gasteiger partial charge in [0.2, 0.25) is 5.91 Å². The minimum absolute atomic E-state index is 0.0908. The van der Waals surface area contributed by atoms with Crippen molar-refractivity contribution < 1.29 is 9.21 Å². The Labute approximate surface area is 153 Å². The van der Waals surface area contributed by atoms with Crippen LogP contribution in [-0.2, 0) is 17.8 Å². The molecule has 136 valence electrons. The fourth-order valence-electron chi connectivity index (χ4n) is 3.28. The minimum Gasteiger partial charge on any atom is -0.468 e. The number of furan rings is 1. The van der Waals surface area contributed by atoms with Crippen molar-refractivity contribution in [1.29, 1.82) is 0 Å². The van der Waals surface area contributed by atoms with Gasteiger partial charge in [-0.1, -0.05) is 0 Å². The van der Waals surface area contributed by atoms with Crippen LogP contribution in [0.15, 0.2) is 22.8 Å². The van der Waals surface area contributed by atoms with E-state index in [1.165, 1.54) is 9.88 Å². The van der Waals surface area contributed by atoms with Gasteiger partial charge in [-0.15, -0.1) is 11.3 Å². The van der Waals surface area contributed by atoms with Gasteiger partial charge < -0.3 is 9.73 Å². The van der Waals surface area contributed by atoms with Gasteiger partial charge in [0.25, 0.3) is 0 Å². The molecule has 0 aliphatic carbocycles. The first kappa shape index (κ1) is 18.1. The minimum atomic E-state index is 0.0908. The number of nitrogens with one attached hydrogen (secondary N) is 1. The van der Waals surface area contributed by atoms with Crippen LogP contribution in [0.25, 0.3) is 0 Å². The van der Waals surface area contributed by atoms with E-state index in [0.717, 1.165) is 63.3 Å². The van der Waals surface area contributed by atoms with E-state index in [0.29, 0.717) is 0 Å². The number of hydrogen-bond acceptors (Lipinski definition) is 5. The van der Waals surface area contributed by atoms with E-state index in [-0.39, 0.29) is 11.8 Å². The van der Waals surface area contributed by atoms with Gasteiger partial charge in [0.05, 0.1) is 29.4 Å². The van der Waals surface area contributed by atoms with Crippen molar-refractivity contribution in [2.75, 3.05) is 19.6 Å². The normalized spacial score (nSPS) is 18.4. The molecule has 0 bridgehead atoms. The summed E-state index contributed by atoms with van der Waals surface area (Å²) >= 11 is 1.76. The molecule has 3 heterocycles. The van der Waals surface area contributed by atoms with Gasteiger partial charge in [-0.3, -0.25) is 9.69 Å². The third-order valence-electron chi connectivity index (χ3n) is 4.78. The molecule has 1 atom stereocenters. The Morgan fingerprint density at radius 2 is 2.36 bits per heavy atom. The van der Waals surface area contributed by atoms with Crippen molar-refractivity contribution in [3.05, 3.63) is 39.7 Å². The first-order valence-electron chi connectivity index (χ1n) is 9.07. The maximum absolute atomic E-state index is 12.4. The topological polar surface area (TPSA) is 58.4 Å². The molecule has 1 fully saturated rings. The number of amides is 1. The van der Waals surface area contributed by atoms with Gasteiger partial charge in [-0.25, -0.2) is 4.98 Å². The number of likely N-dealkylation sites (tertiary alicyclic amines) is 1. The van der Waals surface area contributed by atoms with Crippen molar-refractivity contribution in [1.82, 2.24) is 15.2 Å². The summed E-state index contributed by atoms with van der Waals surface area (Å²) in [5.41, 5.74) is 1.13. The molecule has 3 rings (SSSR count). The molecule has 6 heteroatoms. The van der Waals surface area contributed by atoms with E-state index < -0.39 is 0 Å². The fraction of sp³-hybridized carbons (Fsp3) is 0.579. The quantitative estimate of drug-likeness (QED) is 0.769. The zero-order chi connectivity index (χ0) is 17.6. The number of thiazole rings is 1. The third-order valence-corrected chi connectivity index (χ3v) is 5.91. The first-order valence-corrected chi connectivity index (χ1v) is 9.89. The number of carbonyl (C=O) groups is 1. The SMILES string of the molecule is Cc1nc(CCCNC(=O)[C@@H]2CCCN(Cc3ccco3)C2)sc1C. The zero-order valence-corrected chi connectivity index (χ0v) is 15.9. The lowest BCUT2D eigenvalue weighted by molar-refractivity contribution is -0.126. The third kappa shape index (κ3) is 5.16. The molecule has 1 aliphatic heterocycles. The largest absolute Gasteiger partial charge is 0.468 e. The molecule has 0 unspecified atom stereocenters. The predicted molar refractivity (Wildman–Crippen MR) is 99.6 cm³/mol. The van der Waals surface area contributed by atoms with Crippen molar-refractivity contribution in [3.8, 4) is 0 Å². The maximum atomic E-state index is 12.4. The van der Waals surface area contributed by atoms with E-state index in [1.54, 1.807) is 17.6 Å². The Morgan fingerprint density at radius 3 is 3.08 bits per heavy atom. The summed E-state index contributed by atoms with van der Waals surface area (Å²) < 4.78 is 5.42. The second-order valence-corrected chi connectivity index (χ2v) is 8.09. The Morgan fingerprint density at radius 1 is 1.48 bits per heavy atom. The van der Waals surface area contributed by atoms with Crippen LogP contribution in [0.2, 0.25) is 0 Å². The smallest absolute Gasteiger partial charge is 0.224 e. The van der Waals surface area contributed by atoms with E-state index in [1.807, 2.05) is 12.1 Å². The van der Waals surface area contributed by atoms with Gasteiger partial charge >= 0.3 is 0 Å². The number of carbonyl (C=O) groups excluding carboxylic acids is 1. The second kappa shape index (κ2) is 8.63. The molecule has 0 spiro atoms. The lowest BCUT2D eigenvalue weighted by atomic mass is 9.97. The maximum Gasteiger partial charge on any atom is 0.224 e. The lowest BCUT2D eigenvalue weighted by Gasteiger charge is -2.31. The van der Waals surface area contributed by atoms with Gasteiger partial charge in [0.15, 0.2) is 0 Å². The number of aryl methyl sites for hydroxylation is 3. The number of hydrogen-bond donors (Lipinski definition) is 1. The van der Waals surface area contributed by atoms with Crippen LogP contribution < -0.4 is 5.32 Å². The van der Waals surface area contributed by atoms with E-state index in [9.17, 15) is 4.79 Å². The number of aromatic nitrogens is 1. The Hall–Kier alpha value is -1.66. The molecule has 1 saturated heterocycles. The van der Waals surface area contributed by atoms with Crippen LogP contribution in [0.5, 0.6) is 0 Å². The standard InChI is InChI=1S/C19H27N3O2S/c1-14-15(2)25-18(21-14)8-3-9-20-19(23)16-6-4-10-22(12-16)13-17-7-5-11-24-17/h5,7,11,16H,3-4,6,8-10,12-13H2,1-2H3,(H,20,23)/t16-/m1/s1. The van der Waals surface area contributed by atoms with E-state index in [2.05, 4.69) is 29.0 Å². The van der Waals surface area contributed by atoms with Crippen LogP contribution in [0.4, 0.5) is 0 Å². The number of rotatable bonds is 7. The second-order valence-electron chi connectivity index (χ2n) is 6.80. The molecule has 5 nitrogen and oxygen atoms in total. The summed E-state index contributed by atoms with van der Waals surface area (Å²) in [5, 5.41) is 4.28. The summed E-state index contributed by atoms with van der Waals surface area (Å²) in [6.45, 7) is 7.53. The molecular formula is C19H27N3O2S. The lowest BCUT2D eigenvalue weighted by Crippen LogP contribution is -2.42. The Bertz CT molecular complexity index is 661. The van der Waals surface area contributed by atoms with Crippen molar-refractivity contribution >= 4 is 17.2 Å². The summed E-state index contributed by atoms with van der Waals surface area (Å²) in [5.74, 6) is 1.25. The zero-order valence-electron chi connectivity index (χ0n) is 15.1. The highest BCUT2D eigenvalue weighted by molar-refractivity contribution is 7.11. The Balaban J connectivity index is 1.38. The average molecular weight is 362 g/mol. The highest BCUT2D eigenvalue weighted by atomic mass is 32.1. The van der Waals surface area contributed by atoms with Crippen molar-refractivity contribution in [2.45, 2.75) is 46.1 Å². The molecule has 25 heavy (non-hydrogen) atoms. The Kier molecular flexibility index (Phi) is 6.26. The summed E-state index contributed by atoms with van der Waals surface area (Å²) in [6, 6.07) is 3.90. The summed E-state index contributed by atoms with van der Waals surface area (Å²) in [7, 11) is 0. The number of nitrogens with zero attached hydrogens (tertiary/aromatic N) is 2. The van der Waals surface area contributed by atoms with Gasteiger partial charge in [-0.05, 0) is 51.8 Å². The predicted octanol–water partition coefficient (Wildman–Crippen LogP) is 3.31.